The first-order valence-electron chi connectivity index (χ1n) is 7.14. The number of non-ortho nitro benzene ring substituents is 1. The smallest absolute Gasteiger partial charge is 0.271 e. The SMILES string of the molecule is CC(NC(=O)c1ccc(Cl)cc1)c1nc2ccc([N+](=O)[O-])cc2[nH]1. The molecule has 1 atom stereocenters. The van der Waals surface area contributed by atoms with Crippen LogP contribution in [0.15, 0.2) is 42.5 Å². The highest BCUT2D eigenvalue weighted by Crippen LogP contribution is 2.21. The van der Waals surface area contributed by atoms with Crippen molar-refractivity contribution in [2.75, 3.05) is 0 Å². The van der Waals surface area contributed by atoms with Gasteiger partial charge in [0.2, 0.25) is 0 Å². The number of nitro benzene ring substituents is 1. The Labute approximate surface area is 141 Å². The molecule has 1 amide bonds. The van der Waals surface area contributed by atoms with E-state index in [0.29, 0.717) is 27.4 Å². The number of nitro groups is 1. The fraction of sp³-hybridized carbons (Fsp3) is 0.125. The van der Waals surface area contributed by atoms with Gasteiger partial charge in [-0.2, -0.15) is 0 Å². The Hall–Kier alpha value is -2.93. The van der Waals surface area contributed by atoms with Crippen molar-refractivity contribution in [1.29, 1.82) is 0 Å². The van der Waals surface area contributed by atoms with Crippen molar-refractivity contribution in [1.82, 2.24) is 15.3 Å². The molecular weight excluding hydrogens is 332 g/mol. The van der Waals surface area contributed by atoms with Gasteiger partial charge < -0.3 is 10.3 Å². The molecule has 0 aliphatic carbocycles. The zero-order valence-corrected chi connectivity index (χ0v) is 13.4. The van der Waals surface area contributed by atoms with Crippen LogP contribution in [-0.2, 0) is 0 Å². The lowest BCUT2D eigenvalue weighted by Gasteiger charge is -2.11. The minimum Gasteiger partial charge on any atom is -0.342 e. The molecule has 1 heterocycles. The molecule has 1 unspecified atom stereocenters. The van der Waals surface area contributed by atoms with Crippen LogP contribution in [0.1, 0.15) is 29.1 Å². The first-order chi connectivity index (χ1) is 11.4. The lowest BCUT2D eigenvalue weighted by atomic mass is 10.2. The first kappa shape index (κ1) is 15.9. The van der Waals surface area contributed by atoms with E-state index >= 15 is 0 Å². The number of amides is 1. The van der Waals surface area contributed by atoms with E-state index in [-0.39, 0.29) is 17.6 Å². The highest BCUT2D eigenvalue weighted by molar-refractivity contribution is 6.30. The van der Waals surface area contributed by atoms with E-state index in [1.807, 2.05) is 0 Å². The van der Waals surface area contributed by atoms with Gasteiger partial charge >= 0.3 is 0 Å². The number of hydrogen-bond acceptors (Lipinski definition) is 4. The summed E-state index contributed by atoms with van der Waals surface area (Å²) in [4.78, 5) is 29.9. The van der Waals surface area contributed by atoms with E-state index in [2.05, 4.69) is 15.3 Å². The Morgan fingerprint density at radius 2 is 2.00 bits per heavy atom. The number of aromatic amines is 1. The highest BCUT2D eigenvalue weighted by atomic mass is 35.5. The average molecular weight is 345 g/mol. The van der Waals surface area contributed by atoms with Crippen molar-refractivity contribution in [3.05, 3.63) is 69.0 Å². The van der Waals surface area contributed by atoms with Gasteiger partial charge in [-0.1, -0.05) is 11.6 Å². The topological polar surface area (TPSA) is 101 Å². The van der Waals surface area contributed by atoms with Crippen LogP contribution in [0.5, 0.6) is 0 Å². The Balaban J connectivity index is 1.80. The second-order valence-corrected chi connectivity index (χ2v) is 5.72. The zero-order valence-electron chi connectivity index (χ0n) is 12.6. The van der Waals surface area contributed by atoms with Crippen molar-refractivity contribution in [3.63, 3.8) is 0 Å². The van der Waals surface area contributed by atoms with Crippen molar-refractivity contribution in [2.24, 2.45) is 0 Å². The molecule has 0 saturated heterocycles. The van der Waals surface area contributed by atoms with Gasteiger partial charge in [0.05, 0.1) is 22.0 Å². The van der Waals surface area contributed by atoms with Crippen molar-refractivity contribution < 1.29 is 9.72 Å². The molecule has 0 saturated carbocycles. The number of halogens is 1. The second-order valence-electron chi connectivity index (χ2n) is 5.28. The molecular formula is C16H13ClN4O3. The largest absolute Gasteiger partial charge is 0.342 e. The number of aromatic nitrogens is 2. The predicted octanol–water partition coefficient (Wildman–Crippen LogP) is 3.62. The van der Waals surface area contributed by atoms with Crippen LogP contribution >= 0.6 is 11.6 Å². The number of imidazole rings is 1. The number of carbonyl (C=O) groups excluding carboxylic acids is 1. The van der Waals surface area contributed by atoms with Crippen molar-refractivity contribution >= 4 is 34.2 Å². The molecule has 2 N–H and O–H groups in total. The molecule has 0 aliphatic heterocycles. The second kappa shape index (κ2) is 6.29. The summed E-state index contributed by atoms with van der Waals surface area (Å²) in [7, 11) is 0. The molecule has 8 heteroatoms. The van der Waals surface area contributed by atoms with Crippen LogP contribution < -0.4 is 5.32 Å². The summed E-state index contributed by atoms with van der Waals surface area (Å²) in [5.41, 5.74) is 1.61. The average Bonchev–Trinajstić information content (AvgIpc) is 2.98. The predicted molar refractivity (Wildman–Crippen MR) is 90.1 cm³/mol. The third-order valence-corrected chi connectivity index (χ3v) is 3.81. The van der Waals surface area contributed by atoms with E-state index in [1.54, 1.807) is 37.3 Å². The molecule has 0 bridgehead atoms. The third kappa shape index (κ3) is 3.21. The van der Waals surface area contributed by atoms with Crippen LogP contribution in [0.25, 0.3) is 11.0 Å². The molecule has 3 aromatic rings. The Bertz CT molecular complexity index is 921. The van der Waals surface area contributed by atoms with Crippen LogP contribution in [0.2, 0.25) is 5.02 Å². The fourth-order valence-corrected chi connectivity index (χ4v) is 2.41. The number of H-pyrrole nitrogens is 1. The summed E-state index contributed by atoms with van der Waals surface area (Å²) in [6, 6.07) is 10.5. The number of rotatable bonds is 4. The highest BCUT2D eigenvalue weighted by Gasteiger charge is 2.16. The first-order valence-corrected chi connectivity index (χ1v) is 7.52. The summed E-state index contributed by atoms with van der Waals surface area (Å²) >= 11 is 5.80. The van der Waals surface area contributed by atoms with Crippen LogP contribution in [0.3, 0.4) is 0 Å². The molecule has 0 fully saturated rings. The lowest BCUT2D eigenvalue weighted by molar-refractivity contribution is -0.384. The van der Waals surface area contributed by atoms with Gasteiger partial charge in [0.25, 0.3) is 11.6 Å². The molecule has 0 radical (unpaired) electrons. The molecule has 122 valence electrons. The van der Waals surface area contributed by atoms with Gasteiger partial charge in [-0.05, 0) is 37.3 Å². The summed E-state index contributed by atoms with van der Waals surface area (Å²) in [6.07, 6.45) is 0. The monoisotopic (exact) mass is 344 g/mol. The van der Waals surface area contributed by atoms with E-state index < -0.39 is 4.92 Å². The van der Waals surface area contributed by atoms with E-state index in [4.69, 9.17) is 11.6 Å². The van der Waals surface area contributed by atoms with Crippen LogP contribution in [0.4, 0.5) is 5.69 Å². The molecule has 24 heavy (non-hydrogen) atoms. The number of carbonyl (C=O) groups is 1. The maximum absolute atomic E-state index is 12.2. The quantitative estimate of drug-likeness (QED) is 0.557. The third-order valence-electron chi connectivity index (χ3n) is 3.56. The standard InChI is InChI=1S/C16H13ClN4O3/c1-9(18-16(22)10-2-4-11(17)5-3-10)15-19-13-7-6-12(21(23)24)8-14(13)20-15/h2-9H,1H3,(H,18,22)(H,19,20). The minimum atomic E-state index is -0.467. The molecule has 0 spiro atoms. The van der Waals surface area contributed by atoms with Crippen molar-refractivity contribution in [2.45, 2.75) is 13.0 Å². The Morgan fingerprint density at radius 3 is 2.67 bits per heavy atom. The molecule has 0 aliphatic rings. The summed E-state index contributed by atoms with van der Waals surface area (Å²) in [5, 5.41) is 14.2. The number of fused-ring (bicyclic) bond motifs is 1. The normalized spacial score (nSPS) is 12.1. The van der Waals surface area contributed by atoms with Crippen LogP contribution in [0, 0.1) is 10.1 Å². The summed E-state index contributed by atoms with van der Waals surface area (Å²) in [6.45, 7) is 1.78. The van der Waals surface area contributed by atoms with E-state index in [0.717, 1.165) is 0 Å². The lowest BCUT2D eigenvalue weighted by Crippen LogP contribution is -2.27. The van der Waals surface area contributed by atoms with E-state index in [1.165, 1.54) is 12.1 Å². The minimum absolute atomic E-state index is 0.0180. The zero-order chi connectivity index (χ0) is 17.3. The van der Waals surface area contributed by atoms with Gasteiger partial charge in [-0.3, -0.25) is 14.9 Å². The van der Waals surface area contributed by atoms with Gasteiger partial charge in [-0.25, -0.2) is 4.98 Å². The summed E-state index contributed by atoms with van der Waals surface area (Å²) in [5.74, 6) is 0.262. The number of benzene rings is 2. The number of hydrogen-bond donors (Lipinski definition) is 2. The van der Waals surface area contributed by atoms with Gasteiger partial charge in [-0.15, -0.1) is 0 Å². The number of nitrogens with one attached hydrogen (secondary N) is 2. The van der Waals surface area contributed by atoms with Gasteiger partial charge in [0, 0.05) is 22.7 Å². The van der Waals surface area contributed by atoms with Crippen LogP contribution in [-0.4, -0.2) is 20.8 Å². The van der Waals surface area contributed by atoms with Gasteiger partial charge in [0.15, 0.2) is 0 Å². The summed E-state index contributed by atoms with van der Waals surface area (Å²) < 4.78 is 0. The molecule has 7 nitrogen and oxygen atoms in total. The number of nitrogens with zero attached hydrogens (tertiary/aromatic N) is 2. The maximum Gasteiger partial charge on any atom is 0.271 e. The van der Waals surface area contributed by atoms with E-state index in [9.17, 15) is 14.9 Å². The van der Waals surface area contributed by atoms with Gasteiger partial charge in [0.1, 0.15) is 5.82 Å². The maximum atomic E-state index is 12.2. The Morgan fingerprint density at radius 1 is 1.29 bits per heavy atom. The fourth-order valence-electron chi connectivity index (χ4n) is 2.29. The molecule has 2 aromatic carbocycles. The molecule has 1 aromatic heterocycles. The Kier molecular flexibility index (Phi) is 4.18. The van der Waals surface area contributed by atoms with Crippen molar-refractivity contribution in [3.8, 4) is 0 Å². The molecule has 3 rings (SSSR count).